The average Bonchev–Trinajstić information content (AvgIpc) is 3.45. The Morgan fingerprint density at radius 3 is 2.45 bits per heavy atom. The number of hydrogen-bond acceptors (Lipinski definition) is 6. The lowest BCUT2D eigenvalue weighted by Crippen LogP contribution is -2.68. The van der Waals surface area contributed by atoms with Gasteiger partial charge in [0.15, 0.2) is 0 Å². The zero-order chi connectivity index (χ0) is 23.0. The molecule has 4 fully saturated rings. The molecule has 4 aliphatic heterocycles. The van der Waals surface area contributed by atoms with E-state index in [9.17, 15) is 13.2 Å². The van der Waals surface area contributed by atoms with Gasteiger partial charge in [-0.1, -0.05) is 49.6 Å². The van der Waals surface area contributed by atoms with Crippen LogP contribution in [0.15, 0.2) is 30.3 Å². The molecule has 33 heavy (non-hydrogen) atoms. The fourth-order valence-corrected chi connectivity index (χ4v) is 6.37. The van der Waals surface area contributed by atoms with Gasteiger partial charge in [-0.15, -0.1) is 0 Å². The van der Waals surface area contributed by atoms with Gasteiger partial charge in [0.25, 0.3) is 0 Å². The topological polar surface area (TPSA) is 74.6 Å². The Bertz CT molecular complexity index is 781. The molecule has 0 aliphatic carbocycles. The van der Waals surface area contributed by atoms with Crippen molar-refractivity contribution in [3.8, 4) is 0 Å². The molecule has 184 valence electrons. The van der Waals surface area contributed by atoms with Gasteiger partial charge in [0.2, 0.25) is 0 Å². The SMILES string of the molecule is NC1CC(c2ccccc2)C2NC1C1NNC(O1)C(C(F)(F)F)CCCCC[C@@H]1CCCN21. The molecule has 0 radical (unpaired) electrons. The zero-order valence-corrected chi connectivity index (χ0v) is 18.9. The standard InChI is InChI=1S/C24H36F3N5O/c25-24(26,27)18-12-6-2-5-10-16-11-7-13-32(16)21-17(15-8-3-1-4-9-15)14-19(28)20(29-21)23-31-30-22(18)33-23/h1,3-4,8-9,16-23,29-31H,2,5-7,10-14,28H2/t16-,17?,18?,19?,20?,21?,22?,23?/m1/s1. The van der Waals surface area contributed by atoms with Crippen LogP contribution >= 0.6 is 0 Å². The number of alkyl halides is 3. The number of benzene rings is 1. The van der Waals surface area contributed by atoms with Crippen LogP contribution in [-0.2, 0) is 4.74 Å². The summed E-state index contributed by atoms with van der Waals surface area (Å²) in [5.41, 5.74) is 13.7. The van der Waals surface area contributed by atoms with Crippen molar-refractivity contribution in [1.82, 2.24) is 21.1 Å². The van der Waals surface area contributed by atoms with Crippen molar-refractivity contribution in [2.45, 2.75) is 100 Å². The molecule has 0 aromatic heterocycles. The third-order valence-corrected chi connectivity index (χ3v) is 8.07. The first-order valence-electron chi connectivity index (χ1n) is 12.5. The molecular weight excluding hydrogens is 431 g/mol. The molecule has 4 heterocycles. The normalized spacial score (nSPS) is 40.8. The number of hydrogen-bond donors (Lipinski definition) is 4. The van der Waals surface area contributed by atoms with Crippen molar-refractivity contribution in [2.24, 2.45) is 11.7 Å². The van der Waals surface area contributed by atoms with Crippen LogP contribution in [0.5, 0.6) is 0 Å². The van der Waals surface area contributed by atoms with Gasteiger partial charge in [-0.2, -0.15) is 13.2 Å². The summed E-state index contributed by atoms with van der Waals surface area (Å²) in [7, 11) is 0. The molecule has 1 aromatic rings. The molecule has 9 heteroatoms. The van der Waals surface area contributed by atoms with Gasteiger partial charge in [-0.25, -0.2) is 10.9 Å². The number of nitrogens with two attached hydrogens (primary N) is 1. The second-order valence-electron chi connectivity index (χ2n) is 10.1. The fraction of sp³-hybridized carbons (Fsp3) is 0.750. The highest BCUT2D eigenvalue weighted by Crippen LogP contribution is 2.39. The summed E-state index contributed by atoms with van der Waals surface area (Å²) in [4.78, 5) is 2.60. The van der Waals surface area contributed by atoms with Crippen molar-refractivity contribution in [2.75, 3.05) is 6.54 Å². The lowest BCUT2D eigenvalue weighted by atomic mass is 9.81. The maximum absolute atomic E-state index is 13.8. The summed E-state index contributed by atoms with van der Waals surface area (Å²) in [5.74, 6) is -1.31. The smallest absolute Gasteiger partial charge is 0.340 e. The summed E-state index contributed by atoms with van der Waals surface area (Å²) in [6.07, 6.45) is 0.542. The Morgan fingerprint density at radius 1 is 0.939 bits per heavy atom. The molecule has 5 N–H and O–H groups in total. The Kier molecular flexibility index (Phi) is 6.98. The molecule has 1 aromatic carbocycles. The van der Waals surface area contributed by atoms with Crippen molar-refractivity contribution in [3.63, 3.8) is 0 Å². The highest BCUT2D eigenvalue weighted by Gasteiger charge is 2.51. The molecule has 7 unspecified atom stereocenters. The number of nitrogens with zero attached hydrogens (tertiary/aromatic N) is 1. The number of nitrogens with one attached hydrogen (secondary N) is 3. The van der Waals surface area contributed by atoms with E-state index in [-0.39, 0.29) is 30.6 Å². The van der Waals surface area contributed by atoms with E-state index in [1.165, 1.54) is 5.56 Å². The molecule has 4 bridgehead atoms. The van der Waals surface area contributed by atoms with Crippen LogP contribution in [0.3, 0.4) is 0 Å². The van der Waals surface area contributed by atoms with Gasteiger partial charge >= 0.3 is 6.18 Å². The van der Waals surface area contributed by atoms with Crippen LogP contribution < -0.4 is 21.9 Å². The molecule has 4 aliphatic rings. The lowest BCUT2D eigenvalue weighted by Gasteiger charge is -2.48. The quantitative estimate of drug-likeness (QED) is 0.509. The largest absolute Gasteiger partial charge is 0.395 e. The lowest BCUT2D eigenvalue weighted by molar-refractivity contribution is -0.211. The van der Waals surface area contributed by atoms with Crippen LogP contribution in [0.4, 0.5) is 13.2 Å². The number of hydrazine groups is 1. The molecule has 0 amide bonds. The molecule has 0 saturated carbocycles. The molecule has 6 nitrogen and oxygen atoms in total. The minimum Gasteiger partial charge on any atom is -0.340 e. The van der Waals surface area contributed by atoms with E-state index in [2.05, 4.69) is 45.3 Å². The third kappa shape index (κ3) is 4.94. The Balaban J connectivity index is 1.44. The third-order valence-electron chi connectivity index (χ3n) is 8.07. The van der Waals surface area contributed by atoms with E-state index >= 15 is 0 Å². The van der Waals surface area contributed by atoms with Gasteiger partial charge in [0, 0.05) is 18.0 Å². The Labute approximate surface area is 193 Å². The van der Waals surface area contributed by atoms with Crippen LogP contribution in [0, 0.1) is 5.92 Å². The molecule has 5 rings (SSSR count). The summed E-state index contributed by atoms with van der Waals surface area (Å²) < 4.78 is 47.4. The predicted octanol–water partition coefficient (Wildman–Crippen LogP) is 3.17. The second-order valence-corrected chi connectivity index (χ2v) is 10.1. The van der Waals surface area contributed by atoms with Crippen molar-refractivity contribution >= 4 is 0 Å². The van der Waals surface area contributed by atoms with Crippen molar-refractivity contribution < 1.29 is 17.9 Å². The molecule has 0 spiro atoms. The maximum atomic E-state index is 13.8. The second kappa shape index (κ2) is 9.79. The fourth-order valence-electron chi connectivity index (χ4n) is 6.37. The van der Waals surface area contributed by atoms with Crippen molar-refractivity contribution in [3.05, 3.63) is 35.9 Å². The Hall–Kier alpha value is -1.23. The van der Waals surface area contributed by atoms with Gasteiger partial charge in [0.05, 0.1) is 18.1 Å². The minimum atomic E-state index is -4.31. The number of piperidine rings is 1. The van der Waals surface area contributed by atoms with E-state index in [0.717, 1.165) is 45.1 Å². The van der Waals surface area contributed by atoms with Crippen LogP contribution in [0.25, 0.3) is 0 Å². The first kappa shape index (κ1) is 23.5. The number of fused-ring (bicyclic) bond motifs is 7. The van der Waals surface area contributed by atoms with E-state index in [4.69, 9.17) is 10.5 Å². The van der Waals surface area contributed by atoms with Gasteiger partial charge in [-0.05, 0) is 44.2 Å². The Morgan fingerprint density at radius 2 is 1.67 bits per heavy atom. The van der Waals surface area contributed by atoms with Gasteiger partial charge < -0.3 is 10.5 Å². The number of ether oxygens (including phenoxy) is 1. The van der Waals surface area contributed by atoms with E-state index in [0.29, 0.717) is 12.5 Å². The zero-order valence-electron chi connectivity index (χ0n) is 18.9. The first-order valence-corrected chi connectivity index (χ1v) is 12.5. The van der Waals surface area contributed by atoms with E-state index < -0.39 is 24.6 Å². The minimum absolute atomic E-state index is 0.0762. The molecular formula is C24H36F3N5O. The summed E-state index contributed by atoms with van der Waals surface area (Å²) in [5, 5.41) is 3.75. The van der Waals surface area contributed by atoms with E-state index in [1.54, 1.807) is 0 Å². The van der Waals surface area contributed by atoms with Crippen LogP contribution in [0.2, 0.25) is 0 Å². The van der Waals surface area contributed by atoms with Gasteiger partial charge in [0.1, 0.15) is 12.5 Å². The number of rotatable bonds is 1. The first-order chi connectivity index (χ1) is 15.9. The van der Waals surface area contributed by atoms with Crippen LogP contribution in [-0.4, -0.2) is 54.4 Å². The molecule has 8 atom stereocenters. The highest BCUT2D eigenvalue weighted by atomic mass is 19.4. The number of halogens is 3. The van der Waals surface area contributed by atoms with Gasteiger partial charge in [-0.3, -0.25) is 10.2 Å². The van der Waals surface area contributed by atoms with E-state index in [1.807, 2.05) is 6.07 Å². The molecule has 4 saturated heterocycles. The summed E-state index contributed by atoms with van der Waals surface area (Å²) in [6, 6.07) is 10.4. The predicted molar refractivity (Wildman–Crippen MR) is 120 cm³/mol. The van der Waals surface area contributed by atoms with Crippen molar-refractivity contribution in [1.29, 1.82) is 0 Å². The monoisotopic (exact) mass is 467 g/mol. The highest BCUT2D eigenvalue weighted by molar-refractivity contribution is 5.24. The maximum Gasteiger partial charge on any atom is 0.395 e. The summed E-state index contributed by atoms with van der Waals surface area (Å²) >= 11 is 0. The average molecular weight is 468 g/mol. The summed E-state index contributed by atoms with van der Waals surface area (Å²) in [6.45, 7) is 1.03. The van der Waals surface area contributed by atoms with Crippen LogP contribution in [0.1, 0.15) is 62.8 Å².